The van der Waals surface area contributed by atoms with Crippen molar-refractivity contribution in [3.63, 3.8) is 0 Å². The molecule has 1 amide bonds. The van der Waals surface area contributed by atoms with Crippen LogP contribution in [0, 0.1) is 5.92 Å². The topological polar surface area (TPSA) is 55.1 Å². The van der Waals surface area contributed by atoms with Gasteiger partial charge in [-0.25, -0.2) is 0 Å². The first-order chi connectivity index (χ1) is 6.72. The van der Waals surface area contributed by atoms with Crippen molar-refractivity contribution in [3.05, 3.63) is 0 Å². The van der Waals surface area contributed by atoms with Gasteiger partial charge >= 0.3 is 0 Å². The monoisotopic (exact) mass is 198 g/mol. The Bertz CT molecular complexity index is 182. The molecule has 0 heterocycles. The molecule has 0 bridgehead atoms. The Kier molecular flexibility index (Phi) is 4.94. The molecule has 2 unspecified atom stereocenters. The number of hydrogen-bond acceptors (Lipinski definition) is 2. The van der Waals surface area contributed by atoms with Crippen molar-refractivity contribution in [1.29, 1.82) is 0 Å². The molecular formula is C11H22N2O. The van der Waals surface area contributed by atoms with E-state index in [1.165, 1.54) is 12.8 Å². The third kappa shape index (κ3) is 4.09. The van der Waals surface area contributed by atoms with Crippen LogP contribution >= 0.6 is 0 Å². The first-order valence-electron chi connectivity index (χ1n) is 5.74. The molecule has 1 aliphatic carbocycles. The second-order valence-corrected chi connectivity index (χ2v) is 4.28. The smallest absolute Gasteiger partial charge is 0.219 e. The summed E-state index contributed by atoms with van der Waals surface area (Å²) in [7, 11) is 0. The van der Waals surface area contributed by atoms with E-state index in [1.54, 1.807) is 0 Å². The maximum Gasteiger partial charge on any atom is 0.219 e. The van der Waals surface area contributed by atoms with Crippen molar-refractivity contribution < 1.29 is 4.79 Å². The third-order valence-electron chi connectivity index (χ3n) is 2.98. The number of hydrogen-bond donors (Lipinski definition) is 2. The molecule has 0 aromatic carbocycles. The minimum atomic E-state index is 0.187. The van der Waals surface area contributed by atoms with Crippen LogP contribution in [0.25, 0.3) is 0 Å². The molecule has 82 valence electrons. The molecule has 0 radical (unpaired) electrons. The summed E-state index contributed by atoms with van der Waals surface area (Å²) in [6, 6.07) is 0.378. The summed E-state index contributed by atoms with van der Waals surface area (Å²) in [6.45, 7) is 2.69. The van der Waals surface area contributed by atoms with Crippen LogP contribution in [0.4, 0.5) is 0 Å². The Morgan fingerprint density at radius 1 is 1.50 bits per heavy atom. The maximum atomic E-state index is 11.2. The molecule has 0 aliphatic heterocycles. The van der Waals surface area contributed by atoms with E-state index in [0.29, 0.717) is 18.4 Å². The van der Waals surface area contributed by atoms with Gasteiger partial charge < -0.3 is 11.1 Å². The molecule has 3 nitrogen and oxygen atoms in total. The molecular weight excluding hydrogens is 176 g/mol. The van der Waals surface area contributed by atoms with Gasteiger partial charge in [-0.15, -0.1) is 0 Å². The number of rotatable bonds is 4. The van der Waals surface area contributed by atoms with E-state index in [0.717, 1.165) is 25.8 Å². The van der Waals surface area contributed by atoms with E-state index in [1.807, 2.05) is 6.92 Å². The molecule has 1 fully saturated rings. The number of carbonyl (C=O) groups is 1. The van der Waals surface area contributed by atoms with Crippen LogP contribution in [-0.2, 0) is 4.79 Å². The largest absolute Gasteiger partial charge is 0.356 e. The zero-order chi connectivity index (χ0) is 10.4. The van der Waals surface area contributed by atoms with Crippen LogP contribution in [0.3, 0.4) is 0 Å². The second kappa shape index (κ2) is 6.02. The minimum Gasteiger partial charge on any atom is -0.356 e. The lowest BCUT2D eigenvalue weighted by Gasteiger charge is -2.26. The highest BCUT2D eigenvalue weighted by Gasteiger charge is 2.19. The van der Waals surface area contributed by atoms with E-state index >= 15 is 0 Å². The molecule has 0 spiro atoms. The summed E-state index contributed by atoms with van der Waals surface area (Å²) in [5, 5.41) is 2.83. The van der Waals surface area contributed by atoms with Crippen LogP contribution < -0.4 is 11.1 Å². The Hall–Kier alpha value is -0.570. The van der Waals surface area contributed by atoms with Crippen molar-refractivity contribution in [2.24, 2.45) is 11.7 Å². The van der Waals surface area contributed by atoms with Crippen LogP contribution in [-0.4, -0.2) is 18.5 Å². The van der Waals surface area contributed by atoms with E-state index in [9.17, 15) is 4.79 Å². The summed E-state index contributed by atoms with van der Waals surface area (Å²) < 4.78 is 0. The molecule has 2 atom stereocenters. The minimum absolute atomic E-state index is 0.187. The number of nitrogens with two attached hydrogens (primary N) is 1. The molecule has 1 saturated carbocycles. The highest BCUT2D eigenvalue weighted by Crippen LogP contribution is 2.26. The zero-order valence-corrected chi connectivity index (χ0v) is 9.09. The summed E-state index contributed by atoms with van der Waals surface area (Å²) in [5.41, 5.74) is 5.89. The zero-order valence-electron chi connectivity index (χ0n) is 9.09. The Balaban J connectivity index is 2.14. The fourth-order valence-electron chi connectivity index (χ4n) is 2.22. The Labute approximate surface area is 86.4 Å². The summed E-state index contributed by atoms with van der Waals surface area (Å²) in [6.07, 6.45) is 6.45. The lowest BCUT2D eigenvalue weighted by Crippen LogP contribution is -2.29. The first kappa shape index (κ1) is 11.5. The molecule has 1 rings (SSSR count). The van der Waals surface area contributed by atoms with Gasteiger partial charge in [0.25, 0.3) is 0 Å². The molecule has 0 aromatic heterocycles. The van der Waals surface area contributed by atoms with Gasteiger partial charge in [-0.3, -0.25) is 4.79 Å². The molecule has 0 saturated heterocycles. The lowest BCUT2D eigenvalue weighted by molar-refractivity contribution is -0.121. The van der Waals surface area contributed by atoms with Crippen molar-refractivity contribution in [2.75, 3.05) is 6.54 Å². The van der Waals surface area contributed by atoms with Gasteiger partial charge in [0.2, 0.25) is 5.91 Å². The van der Waals surface area contributed by atoms with Crippen LogP contribution in [0.1, 0.15) is 45.4 Å². The SMILES string of the molecule is CCNC(=O)CCC1CCCC(N)C1. The Morgan fingerprint density at radius 2 is 2.29 bits per heavy atom. The molecule has 14 heavy (non-hydrogen) atoms. The van der Waals surface area contributed by atoms with Gasteiger partial charge in [-0.05, 0) is 32.1 Å². The first-order valence-corrected chi connectivity index (χ1v) is 5.74. The Morgan fingerprint density at radius 3 is 2.93 bits per heavy atom. The van der Waals surface area contributed by atoms with E-state index in [4.69, 9.17) is 5.73 Å². The normalized spacial score (nSPS) is 27.3. The van der Waals surface area contributed by atoms with Crippen molar-refractivity contribution in [1.82, 2.24) is 5.32 Å². The lowest BCUT2D eigenvalue weighted by atomic mass is 9.83. The van der Waals surface area contributed by atoms with Gasteiger partial charge in [0.05, 0.1) is 0 Å². The van der Waals surface area contributed by atoms with Crippen molar-refractivity contribution in [2.45, 2.75) is 51.5 Å². The van der Waals surface area contributed by atoms with Gasteiger partial charge in [0.1, 0.15) is 0 Å². The fourth-order valence-corrected chi connectivity index (χ4v) is 2.22. The third-order valence-corrected chi connectivity index (χ3v) is 2.98. The van der Waals surface area contributed by atoms with Crippen LogP contribution in [0.2, 0.25) is 0 Å². The molecule has 1 aliphatic rings. The predicted octanol–water partition coefficient (Wildman–Crippen LogP) is 1.42. The van der Waals surface area contributed by atoms with Crippen LogP contribution in [0.15, 0.2) is 0 Å². The van der Waals surface area contributed by atoms with Crippen LogP contribution in [0.5, 0.6) is 0 Å². The average molecular weight is 198 g/mol. The average Bonchev–Trinajstić information content (AvgIpc) is 2.15. The van der Waals surface area contributed by atoms with E-state index in [2.05, 4.69) is 5.32 Å². The quantitative estimate of drug-likeness (QED) is 0.718. The number of amides is 1. The summed E-state index contributed by atoms with van der Waals surface area (Å²) >= 11 is 0. The summed E-state index contributed by atoms with van der Waals surface area (Å²) in [5.74, 6) is 0.869. The summed E-state index contributed by atoms with van der Waals surface area (Å²) in [4.78, 5) is 11.2. The van der Waals surface area contributed by atoms with E-state index < -0.39 is 0 Å². The highest BCUT2D eigenvalue weighted by atomic mass is 16.1. The maximum absolute atomic E-state index is 11.2. The van der Waals surface area contributed by atoms with Crippen molar-refractivity contribution >= 4 is 5.91 Å². The molecule has 3 heteroatoms. The van der Waals surface area contributed by atoms with E-state index in [-0.39, 0.29) is 5.91 Å². The molecule has 0 aromatic rings. The van der Waals surface area contributed by atoms with Gasteiger partial charge in [0.15, 0.2) is 0 Å². The number of carbonyl (C=O) groups excluding carboxylic acids is 1. The number of nitrogens with one attached hydrogen (secondary N) is 1. The standard InChI is InChI=1S/C11H22N2O/c1-2-13-11(14)7-6-9-4-3-5-10(12)8-9/h9-10H,2-8,12H2,1H3,(H,13,14). The second-order valence-electron chi connectivity index (χ2n) is 4.28. The van der Waals surface area contributed by atoms with Gasteiger partial charge in [-0.2, -0.15) is 0 Å². The highest BCUT2D eigenvalue weighted by molar-refractivity contribution is 5.75. The van der Waals surface area contributed by atoms with Gasteiger partial charge in [0, 0.05) is 19.0 Å². The fraction of sp³-hybridized carbons (Fsp3) is 0.909. The van der Waals surface area contributed by atoms with Gasteiger partial charge in [-0.1, -0.05) is 12.8 Å². The van der Waals surface area contributed by atoms with Crippen molar-refractivity contribution in [3.8, 4) is 0 Å². The predicted molar refractivity (Wildman–Crippen MR) is 57.9 cm³/mol. The molecule has 3 N–H and O–H groups in total.